The second-order valence-corrected chi connectivity index (χ2v) is 7.18. The molecule has 0 atom stereocenters. The lowest BCUT2D eigenvalue weighted by Gasteiger charge is -2.15. The van der Waals surface area contributed by atoms with Crippen LogP contribution in [0.15, 0.2) is 103 Å². The highest BCUT2D eigenvalue weighted by Gasteiger charge is 2.13. The van der Waals surface area contributed by atoms with Crippen molar-refractivity contribution < 1.29 is 0 Å². The largest absolute Gasteiger partial charge is 0.0843 e. The Morgan fingerprint density at radius 1 is 0.444 bits per heavy atom. The minimum atomic E-state index is 0.752. The summed E-state index contributed by atoms with van der Waals surface area (Å²) in [6.07, 6.45) is 0. The van der Waals surface area contributed by atoms with Crippen molar-refractivity contribution in [2.24, 2.45) is 0 Å². The highest BCUT2D eigenvalue weighted by atomic mass is 35.5. The first-order valence-electron chi connectivity index (χ1n) is 9.07. The summed E-state index contributed by atoms with van der Waals surface area (Å²) in [4.78, 5) is 0. The van der Waals surface area contributed by atoms with Crippen LogP contribution < -0.4 is 0 Å². The van der Waals surface area contributed by atoms with Gasteiger partial charge in [-0.05, 0) is 62.0 Å². The molecule has 5 aromatic rings. The molecular formula is C26H17Cl. The highest BCUT2D eigenvalue weighted by Crippen LogP contribution is 2.40. The second kappa shape index (κ2) is 6.57. The SMILES string of the molecule is Clc1ccc(-c2ccccc2)c(-c2cc3ccccc3c3ccccc23)c1. The molecule has 0 aliphatic heterocycles. The molecule has 0 radical (unpaired) electrons. The molecule has 0 aliphatic carbocycles. The van der Waals surface area contributed by atoms with Gasteiger partial charge >= 0.3 is 0 Å². The summed E-state index contributed by atoms with van der Waals surface area (Å²) in [6, 6.07) is 36.1. The van der Waals surface area contributed by atoms with Crippen molar-refractivity contribution >= 4 is 33.1 Å². The summed E-state index contributed by atoms with van der Waals surface area (Å²) in [5.74, 6) is 0. The number of fused-ring (bicyclic) bond motifs is 3. The zero-order valence-corrected chi connectivity index (χ0v) is 15.4. The lowest BCUT2D eigenvalue weighted by Crippen LogP contribution is -1.88. The Labute approximate surface area is 163 Å². The van der Waals surface area contributed by atoms with Crippen LogP contribution in [0.5, 0.6) is 0 Å². The van der Waals surface area contributed by atoms with E-state index in [0.29, 0.717) is 0 Å². The molecule has 0 bridgehead atoms. The Kier molecular flexibility index (Phi) is 3.92. The maximum absolute atomic E-state index is 6.42. The summed E-state index contributed by atoms with van der Waals surface area (Å²) >= 11 is 6.42. The van der Waals surface area contributed by atoms with Gasteiger partial charge in [0.2, 0.25) is 0 Å². The predicted molar refractivity (Wildman–Crippen MR) is 117 cm³/mol. The van der Waals surface area contributed by atoms with Crippen LogP contribution in [0.2, 0.25) is 5.02 Å². The summed E-state index contributed by atoms with van der Waals surface area (Å²) in [7, 11) is 0. The van der Waals surface area contributed by atoms with Gasteiger partial charge in [0.1, 0.15) is 0 Å². The van der Waals surface area contributed by atoms with Crippen molar-refractivity contribution in [2.45, 2.75) is 0 Å². The van der Waals surface area contributed by atoms with E-state index in [2.05, 4.69) is 91.0 Å². The van der Waals surface area contributed by atoms with Crippen LogP contribution in [-0.4, -0.2) is 0 Å². The number of hydrogen-bond acceptors (Lipinski definition) is 0. The monoisotopic (exact) mass is 364 g/mol. The van der Waals surface area contributed by atoms with Gasteiger partial charge in [-0.2, -0.15) is 0 Å². The summed E-state index contributed by atoms with van der Waals surface area (Å²) < 4.78 is 0. The topological polar surface area (TPSA) is 0 Å². The Hall–Kier alpha value is -3.09. The molecule has 1 heteroatoms. The van der Waals surface area contributed by atoms with Crippen LogP contribution in [0, 0.1) is 0 Å². The zero-order valence-electron chi connectivity index (χ0n) is 14.7. The molecule has 0 aromatic heterocycles. The fourth-order valence-electron chi connectivity index (χ4n) is 3.89. The third kappa shape index (κ3) is 2.79. The number of rotatable bonds is 2. The smallest absolute Gasteiger partial charge is 0.0412 e. The Morgan fingerprint density at radius 3 is 1.93 bits per heavy atom. The van der Waals surface area contributed by atoms with E-state index in [-0.39, 0.29) is 0 Å². The van der Waals surface area contributed by atoms with E-state index in [1.165, 1.54) is 38.2 Å². The molecule has 0 fully saturated rings. The molecule has 5 rings (SSSR count). The van der Waals surface area contributed by atoms with E-state index in [0.717, 1.165) is 10.6 Å². The summed E-state index contributed by atoms with van der Waals surface area (Å²) in [5, 5.41) is 5.78. The van der Waals surface area contributed by atoms with Gasteiger partial charge in [-0.15, -0.1) is 0 Å². The lowest BCUT2D eigenvalue weighted by atomic mass is 9.89. The number of halogens is 1. The van der Waals surface area contributed by atoms with Crippen LogP contribution in [0.4, 0.5) is 0 Å². The van der Waals surface area contributed by atoms with Crippen molar-refractivity contribution in [1.29, 1.82) is 0 Å². The van der Waals surface area contributed by atoms with Crippen LogP contribution >= 0.6 is 11.6 Å². The Balaban J connectivity index is 1.90. The molecule has 0 unspecified atom stereocenters. The Morgan fingerprint density at radius 2 is 1.11 bits per heavy atom. The normalized spacial score (nSPS) is 11.1. The third-order valence-corrected chi connectivity index (χ3v) is 5.36. The van der Waals surface area contributed by atoms with E-state index in [4.69, 9.17) is 11.6 Å². The van der Waals surface area contributed by atoms with Crippen molar-refractivity contribution in [2.75, 3.05) is 0 Å². The number of hydrogen-bond donors (Lipinski definition) is 0. The third-order valence-electron chi connectivity index (χ3n) is 5.12. The Bertz CT molecular complexity index is 1270. The number of benzene rings is 5. The van der Waals surface area contributed by atoms with Gasteiger partial charge < -0.3 is 0 Å². The summed E-state index contributed by atoms with van der Waals surface area (Å²) in [6.45, 7) is 0. The fraction of sp³-hybridized carbons (Fsp3) is 0. The molecule has 0 saturated heterocycles. The van der Waals surface area contributed by atoms with Crippen LogP contribution in [-0.2, 0) is 0 Å². The van der Waals surface area contributed by atoms with Gasteiger partial charge in [0.15, 0.2) is 0 Å². The van der Waals surface area contributed by atoms with Crippen LogP contribution in [0.3, 0.4) is 0 Å². The molecule has 0 saturated carbocycles. The molecule has 0 spiro atoms. The van der Waals surface area contributed by atoms with Gasteiger partial charge in [0.25, 0.3) is 0 Å². The van der Waals surface area contributed by atoms with E-state index in [1.54, 1.807) is 0 Å². The van der Waals surface area contributed by atoms with Crippen molar-refractivity contribution in [3.8, 4) is 22.3 Å². The average Bonchev–Trinajstić information content (AvgIpc) is 2.74. The second-order valence-electron chi connectivity index (χ2n) is 6.75. The molecule has 128 valence electrons. The van der Waals surface area contributed by atoms with E-state index >= 15 is 0 Å². The average molecular weight is 365 g/mol. The first kappa shape index (κ1) is 16.1. The van der Waals surface area contributed by atoms with Gasteiger partial charge in [-0.1, -0.05) is 96.5 Å². The minimum absolute atomic E-state index is 0.752. The first-order chi connectivity index (χ1) is 13.3. The van der Waals surface area contributed by atoms with E-state index in [1.807, 2.05) is 12.1 Å². The van der Waals surface area contributed by atoms with Crippen LogP contribution in [0.1, 0.15) is 0 Å². The molecule has 27 heavy (non-hydrogen) atoms. The molecule has 5 aromatic carbocycles. The predicted octanol–water partition coefficient (Wildman–Crippen LogP) is 7.98. The van der Waals surface area contributed by atoms with Gasteiger partial charge in [0, 0.05) is 5.02 Å². The lowest BCUT2D eigenvalue weighted by molar-refractivity contribution is 1.60. The maximum Gasteiger partial charge on any atom is 0.0412 e. The van der Waals surface area contributed by atoms with E-state index in [9.17, 15) is 0 Å². The van der Waals surface area contributed by atoms with Crippen molar-refractivity contribution in [3.63, 3.8) is 0 Å². The van der Waals surface area contributed by atoms with Crippen molar-refractivity contribution in [1.82, 2.24) is 0 Å². The molecule has 0 nitrogen and oxygen atoms in total. The standard InChI is InChI=1S/C26H17Cl/c27-20-14-15-22(18-8-2-1-3-9-18)26(17-20)25-16-19-10-4-5-11-21(19)23-12-6-7-13-24(23)25/h1-17H. The minimum Gasteiger partial charge on any atom is -0.0843 e. The highest BCUT2D eigenvalue weighted by molar-refractivity contribution is 6.31. The first-order valence-corrected chi connectivity index (χ1v) is 9.45. The fourth-order valence-corrected chi connectivity index (χ4v) is 4.06. The zero-order chi connectivity index (χ0) is 18.2. The van der Waals surface area contributed by atoms with Crippen LogP contribution in [0.25, 0.3) is 43.8 Å². The molecular weight excluding hydrogens is 348 g/mol. The molecule has 0 amide bonds. The molecule has 0 heterocycles. The van der Waals surface area contributed by atoms with Gasteiger partial charge in [-0.25, -0.2) is 0 Å². The van der Waals surface area contributed by atoms with Gasteiger partial charge in [0.05, 0.1) is 0 Å². The quantitative estimate of drug-likeness (QED) is 0.278. The van der Waals surface area contributed by atoms with E-state index < -0.39 is 0 Å². The molecule has 0 aliphatic rings. The van der Waals surface area contributed by atoms with Gasteiger partial charge in [-0.3, -0.25) is 0 Å². The van der Waals surface area contributed by atoms with Crippen molar-refractivity contribution in [3.05, 3.63) is 108 Å². The maximum atomic E-state index is 6.42. The summed E-state index contributed by atoms with van der Waals surface area (Å²) in [5.41, 5.74) is 4.77. The molecule has 0 N–H and O–H groups in total.